The number of benzene rings is 2. The van der Waals surface area contributed by atoms with Crippen LogP contribution in [-0.4, -0.2) is 46.1 Å². The Balaban J connectivity index is 1.51. The first kappa shape index (κ1) is 20.7. The molecule has 2 aromatic carbocycles. The molecule has 0 spiro atoms. The highest BCUT2D eigenvalue weighted by atomic mass is 16.2. The molecule has 2 N–H and O–H groups in total. The molecule has 8 heteroatoms. The lowest BCUT2D eigenvalue weighted by molar-refractivity contribution is -0.122. The van der Waals surface area contributed by atoms with Crippen molar-refractivity contribution < 1.29 is 9.59 Å². The van der Waals surface area contributed by atoms with Crippen LogP contribution >= 0.6 is 0 Å². The zero-order chi connectivity index (χ0) is 21.6. The van der Waals surface area contributed by atoms with E-state index in [1.807, 2.05) is 6.07 Å². The zero-order valence-electron chi connectivity index (χ0n) is 17.2. The van der Waals surface area contributed by atoms with Crippen molar-refractivity contribution in [3.05, 3.63) is 70.6 Å². The summed E-state index contributed by atoms with van der Waals surface area (Å²) >= 11 is 0. The van der Waals surface area contributed by atoms with Crippen molar-refractivity contribution >= 4 is 22.6 Å². The Labute approximate surface area is 179 Å². The van der Waals surface area contributed by atoms with Gasteiger partial charge in [-0.25, -0.2) is 0 Å². The van der Waals surface area contributed by atoms with Gasteiger partial charge in [0, 0.05) is 18.4 Å². The fraction of sp³-hybridized carbons (Fsp3) is 0.304. The van der Waals surface area contributed by atoms with Gasteiger partial charge in [0.2, 0.25) is 5.91 Å². The van der Waals surface area contributed by atoms with Gasteiger partial charge < -0.3 is 4.90 Å². The Bertz CT molecular complexity index is 1140. The lowest BCUT2D eigenvalue weighted by atomic mass is 10.1. The predicted octanol–water partition coefficient (Wildman–Crippen LogP) is 2.02. The van der Waals surface area contributed by atoms with Gasteiger partial charge >= 0.3 is 0 Å². The Morgan fingerprint density at radius 3 is 2.29 bits per heavy atom. The molecule has 1 aliphatic rings. The molecule has 8 nitrogen and oxygen atoms in total. The summed E-state index contributed by atoms with van der Waals surface area (Å²) in [6.45, 7) is 2.69. The molecule has 3 aromatic rings. The maximum absolute atomic E-state index is 12.9. The van der Waals surface area contributed by atoms with E-state index in [4.69, 9.17) is 0 Å². The SMILES string of the molecule is O=C(CCN1CCCCC1)NNC(=O)c1nn(-c2ccccc2)c(=O)c2ccccc12. The van der Waals surface area contributed by atoms with Crippen molar-refractivity contribution in [1.29, 1.82) is 0 Å². The number of fused-ring (bicyclic) bond motifs is 1. The summed E-state index contributed by atoms with van der Waals surface area (Å²) in [5.41, 5.74) is 5.21. The van der Waals surface area contributed by atoms with Crippen LogP contribution < -0.4 is 16.4 Å². The second-order valence-corrected chi connectivity index (χ2v) is 7.60. The number of nitrogens with one attached hydrogen (secondary N) is 2. The number of aromatic nitrogens is 2. The molecule has 1 saturated heterocycles. The molecule has 31 heavy (non-hydrogen) atoms. The fourth-order valence-electron chi connectivity index (χ4n) is 3.79. The highest BCUT2D eigenvalue weighted by molar-refractivity contribution is 6.05. The van der Waals surface area contributed by atoms with Crippen LogP contribution in [0.5, 0.6) is 0 Å². The molecule has 0 aliphatic carbocycles. The van der Waals surface area contributed by atoms with Gasteiger partial charge in [0.15, 0.2) is 5.69 Å². The molecule has 1 aromatic heterocycles. The molecule has 160 valence electrons. The number of hydrogen-bond acceptors (Lipinski definition) is 5. The van der Waals surface area contributed by atoms with Crippen molar-refractivity contribution in [3.63, 3.8) is 0 Å². The minimum atomic E-state index is -0.577. The second kappa shape index (κ2) is 9.53. The van der Waals surface area contributed by atoms with Gasteiger partial charge in [0.05, 0.1) is 11.1 Å². The average Bonchev–Trinajstić information content (AvgIpc) is 2.83. The summed E-state index contributed by atoms with van der Waals surface area (Å²) in [7, 11) is 0. The van der Waals surface area contributed by atoms with Crippen LogP contribution in [0.3, 0.4) is 0 Å². The lowest BCUT2D eigenvalue weighted by Crippen LogP contribution is -2.44. The van der Waals surface area contributed by atoms with Gasteiger partial charge in [-0.2, -0.15) is 9.78 Å². The summed E-state index contributed by atoms with van der Waals surface area (Å²) < 4.78 is 1.20. The van der Waals surface area contributed by atoms with Gasteiger partial charge in [0.1, 0.15) is 0 Å². The Morgan fingerprint density at radius 1 is 0.871 bits per heavy atom. The van der Waals surface area contributed by atoms with Gasteiger partial charge in [0.25, 0.3) is 11.5 Å². The lowest BCUT2D eigenvalue weighted by Gasteiger charge is -2.25. The summed E-state index contributed by atoms with van der Waals surface area (Å²) in [5, 5.41) is 5.11. The van der Waals surface area contributed by atoms with Crippen molar-refractivity contribution in [3.8, 4) is 5.69 Å². The van der Waals surface area contributed by atoms with E-state index >= 15 is 0 Å². The first-order chi connectivity index (χ1) is 15.1. The number of hydrogen-bond donors (Lipinski definition) is 2. The Kier molecular flexibility index (Phi) is 6.37. The number of hydrazine groups is 1. The molecule has 1 fully saturated rings. The normalized spacial score (nSPS) is 14.3. The van der Waals surface area contributed by atoms with Gasteiger partial charge in [-0.1, -0.05) is 42.8 Å². The largest absolute Gasteiger partial charge is 0.303 e. The molecule has 0 unspecified atom stereocenters. The maximum Gasteiger partial charge on any atom is 0.290 e. The zero-order valence-corrected chi connectivity index (χ0v) is 17.2. The summed E-state index contributed by atoms with van der Waals surface area (Å²) in [4.78, 5) is 40.2. The van der Waals surface area contributed by atoms with E-state index in [9.17, 15) is 14.4 Å². The number of amides is 2. The van der Waals surface area contributed by atoms with E-state index in [0.717, 1.165) is 25.9 Å². The fourth-order valence-corrected chi connectivity index (χ4v) is 3.79. The number of rotatable bonds is 5. The molecule has 2 heterocycles. The summed E-state index contributed by atoms with van der Waals surface area (Å²) in [5.74, 6) is -0.841. The third-order valence-corrected chi connectivity index (χ3v) is 5.44. The molecule has 4 rings (SSSR count). The molecule has 0 bridgehead atoms. The quantitative estimate of drug-likeness (QED) is 0.617. The van der Waals surface area contributed by atoms with Crippen molar-refractivity contribution in [2.24, 2.45) is 0 Å². The minimum Gasteiger partial charge on any atom is -0.303 e. The standard InChI is InChI=1S/C23H25N5O3/c29-20(13-16-27-14-7-2-8-15-27)24-25-22(30)21-18-11-5-6-12-19(18)23(31)28(26-21)17-9-3-1-4-10-17/h1,3-6,9-12H,2,7-8,13-16H2,(H,24,29)(H,25,30). The van der Waals surface area contributed by atoms with Gasteiger partial charge in [-0.15, -0.1) is 0 Å². The van der Waals surface area contributed by atoms with Crippen molar-refractivity contribution in [2.75, 3.05) is 19.6 Å². The number of likely N-dealkylation sites (tertiary alicyclic amines) is 1. The van der Waals surface area contributed by atoms with Gasteiger partial charge in [-0.3, -0.25) is 25.2 Å². The molecule has 1 aliphatic heterocycles. The highest BCUT2D eigenvalue weighted by Crippen LogP contribution is 2.15. The van der Waals surface area contributed by atoms with Crippen LogP contribution in [0.25, 0.3) is 16.5 Å². The number of carbonyl (C=O) groups excluding carboxylic acids is 2. The molecule has 2 amide bonds. The van der Waals surface area contributed by atoms with E-state index in [1.165, 1.54) is 11.1 Å². The van der Waals surface area contributed by atoms with Crippen LogP contribution in [0.15, 0.2) is 59.4 Å². The minimum absolute atomic E-state index is 0.0652. The Hall–Kier alpha value is -3.52. The van der Waals surface area contributed by atoms with E-state index in [1.54, 1.807) is 48.5 Å². The van der Waals surface area contributed by atoms with Crippen LogP contribution in [-0.2, 0) is 4.79 Å². The van der Waals surface area contributed by atoms with E-state index in [2.05, 4.69) is 20.9 Å². The Morgan fingerprint density at radius 2 is 1.55 bits per heavy atom. The molecular weight excluding hydrogens is 394 g/mol. The summed E-state index contributed by atoms with van der Waals surface area (Å²) in [6, 6.07) is 15.7. The molecule has 0 atom stereocenters. The smallest absolute Gasteiger partial charge is 0.290 e. The number of carbonyl (C=O) groups is 2. The molecule has 0 saturated carbocycles. The average molecular weight is 419 g/mol. The van der Waals surface area contributed by atoms with E-state index in [-0.39, 0.29) is 17.2 Å². The van der Waals surface area contributed by atoms with Crippen LogP contribution in [0.4, 0.5) is 0 Å². The topological polar surface area (TPSA) is 96.3 Å². The first-order valence-corrected chi connectivity index (χ1v) is 10.5. The molecular formula is C23H25N5O3. The third kappa shape index (κ3) is 4.80. The van der Waals surface area contributed by atoms with Crippen LogP contribution in [0.1, 0.15) is 36.2 Å². The van der Waals surface area contributed by atoms with E-state index in [0.29, 0.717) is 29.4 Å². The van der Waals surface area contributed by atoms with Gasteiger partial charge in [-0.05, 0) is 44.1 Å². The first-order valence-electron chi connectivity index (χ1n) is 10.5. The third-order valence-electron chi connectivity index (χ3n) is 5.44. The second-order valence-electron chi connectivity index (χ2n) is 7.60. The van der Waals surface area contributed by atoms with Crippen LogP contribution in [0.2, 0.25) is 0 Å². The predicted molar refractivity (Wildman–Crippen MR) is 118 cm³/mol. The number of para-hydroxylation sites is 1. The molecule has 0 radical (unpaired) electrons. The van der Waals surface area contributed by atoms with E-state index < -0.39 is 5.91 Å². The highest BCUT2D eigenvalue weighted by Gasteiger charge is 2.18. The monoisotopic (exact) mass is 419 g/mol. The number of nitrogens with zero attached hydrogens (tertiary/aromatic N) is 3. The summed E-state index contributed by atoms with van der Waals surface area (Å²) in [6.07, 6.45) is 3.87. The van der Waals surface area contributed by atoms with Crippen molar-refractivity contribution in [2.45, 2.75) is 25.7 Å². The number of piperidine rings is 1. The van der Waals surface area contributed by atoms with Crippen molar-refractivity contribution in [1.82, 2.24) is 25.5 Å². The maximum atomic E-state index is 12.9. The van der Waals surface area contributed by atoms with Crippen LogP contribution in [0, 0.1) is 0 Å².